The van der Waals surface area contributed by atoms with Gasteiger partial charge in [-0.05, 0) is 41.3 Å². The molecule has 0 aliphatic carbocycles. The molecule has 1 aromatic heterocycles. The van der Waals surface area contributed by atoms with E-state index >= 15 is 0 Å². The fourth-order valence-corrected chi connectivity index (χ4v) is 3.08. The molecule has 0 bridgehead atoms. The molecule has 25 heavy (non-hydrogen) atoms. The maximum atomic E-state index is 11.1. The Morgan fingerprint density at radius 1 is 1.20 bits per heavy atom. The number of aryl methyl sites for hydroxylation is 1. The highest BCUT2D eigenvalue weighted by atomic mass is 16.5. The summed E-state index contributed by atoms with van der Waals surface area (Å²) in [6.45, 7) is 7.10. The summed E-state index contributed by atoms with van der Waals surface area (Å²) in [5, 5.41) is 13.9. The summed E-state index contributed by atoms with van der Waals surface area (Å²) < 4.78 is 7.65. The zero-order valence-electron chi connectivity index (χ0n) is 14.7. The maximum absolute atomic E-state index is 11.1. The molecule has 0 fully saturated rings. The van der Waals surface area contributed by atoms with E-state index in [1.54, 1.807) is 10.6 Å². The van der Waals surface area contributed by atoms with Gasteiger partial charge in [-0.25, -0.2) is 0 Å². The third-order valence-electron chi connectivity index (χ3n) is 4.37. The molecule has 0 amide bonds. The SMILES string of the molecule is Cc1ccc(C(C)C)c(OCCn2c(O)c(N=O)c3ccccc32)c1. The van der Waals surface area contributed by atoms with Crippen LogP contribution >= 0.6 is 0 Å². The standard InChI is InChI=1S/C20H22N2O3/c1-13(2)15-9-8-14(3)12-18(15)25-11-10-22-17-7-5-4-6-16(17)19(21-24)20(22)23/h4-9,12-13,23H,10-11H2,1-3H3. The number of nitroso groups, excluding NO2 is 1. The predicted octanol–water partition coefficient (Wildman–Crippen LogP) is 5.26. The summed E-state index contributed by atoms with van der Waals surface area (Å²) >= 11 is 0. The van der Waals surface area contributed by atoms with Crippen molar-refractivity contribution in [2.75, 3.05) is 6.61 Å². The molecule has 3 aromatic rings. The first kappa shape index (κ1) is 17.0. The van der Waals surface area contributed by atoms with Crippen molar-refractivity contribution in [1.29, 1.82) is 0 Å². The van der Waals surface area contributed by atoms with Crippen LogP contribution in [0, 0.1) is 11.8 Å². The van der Waals surface area contributed by atoms with Crippen LogP contribution in [0.3, 0.4) is 0 Å². The highest BCUT2D eigenvalue weighted by Crippen LogP contribution is 2.38. The lowest BCUT2D eigenvalue weighted by atomic mass is 10.0. The molecule has 0 atom stereocenters. The van der Waals surface area contributed by atoms with Gasteiger partial charge in [-0.1, -0.05) is 44.2 Å². The number of hydrogen-bond donors (Lipinski definition) is 1. The van der Waals surface area contributed by atoms with Gasteiger partial charge in [0.25, 0.3) is 0 Å². The Bertz CT molecular complexity index is 913. The lowest BCUT2D eigenvalue weighted by Crippen LogP contribution is -2.09. The smallest absolute Gasteiger partial charge is 0.222 e. The molecule has 5 heteroatoms. The molecule has 0 aliphatic rings. The number of benzene rings is 2. The topological polar surface area (TPSA) is 63.8 Å². The van der Waals surface area contributed by atoms with Gasteiger partial charge in [-0.15, -0.1) is 4.91 Å². The second kappa shape index (κ2) is 6.97. The first-order valence-electron chi connectivity index (χ1n) is 8.39. The molecule has 0 unspecified atom stereocenters. The third kappa shape index (κ3) is 3.22. The Hall–Kier alpha value is -2.82. The van der Waals surface area contributed by atoms with E-state index in [9.17, 15) is 10.0 Å². The number of ether oxygens (including phenoxy) is 1. The number of nitrogens with zero attached hydrogens (tertiary/aromatic N) is 2. The largest absolute Gasteiger partial charge is 0.493 e. The van der Waals surface area contributed by atoms with Crippen molar-refractivity contribution in [2.24, 2.45) is 5.18 Å². The van der Waals surface area contributed by atoms with Crippen LogP contribution in [0.5, 0.6) is 11.6 Å². The molecule has 2 aromatic carbocycles. The fraction of sp³-hybridized carbons (Fsp3) is 0.300. The van der Waals surface area contributed by atoms with Crippen LogP contribution in [0.4, 0.5) is 5.69 Å². The Labute approximate surface area is 146 Å². The van der Waals surface area contributed by atoms with Crippen molar-refractivity contribution in [1.82, 2.24) is 4.57 Å². The zero-order chi connectivity index (χ0) is 18.0. The van der Waals surface area contributed by atoms with Crippen LogP contribution in [-0.4, -0.2) is 16.3 Å². The van der Waals surface area contributed by atoms with Gasteiger partial charge in [0.2, 0.25) is 5.88 Å². The molecule has 0 radical (unpaired) electrons. The molecule has 0 saturated carbocycles. The Morgan fingerprint density at radius 3 is 2.68 bits per heavy atom. The van der Waals surface area contributed by atoms with E-state index < -0.39 is 0 Å². The summed E-state index contributed by atoms with van der Waals surface area (Å²) in [7, 11) is 0. The van der Waals surface area contributed by atoms with Gasteiger partial charge in [0.05, 0.1) is 12.1 Å². The maximum Gasteiger partial charge on any atom is 0.222 e. The Kier molecular flexibility index (Phi) is 4.74. The summed E-state index contributed by atoms with van der Waals surface area (Å²) in [6, 6.07) is 13.5. The van der Waals surface area contributed by atoms with Crippen molar-refractivity contribution in [3.8, 4) is 11.6 Å². The van der Waals surface area contributed by atoms with E-state index in [0.29, 0.717) is 24.5 Å². The van der Waals surface area contributed by atoms with Gasteiger partial charge in [0, 0.05) is 5.39 Å². The van der Waals surface area contributed by atoms with Crippen LogP contribution in [0.25, 0.3) is 10.9 Å². The van der Waals surface area contributed by atoms with Crippen molar-refractivity contribution in [3.63, 3.8) is 0 Å². The lowest BCUT2D eigenvalue weighted by molar-refractivity contribution is 0.287. The minimum Gasteiger partial charge on any atom is -0.493 e. The first-order chi connectivity index (χ1) is 12.0. The molecular weight excluding hydrogens is 316 g/mol. The van der Waals surface area contributed by atoms with Crippen molar-refractivity contribution in [3.05, 3.63) is 58.5 Å². The minimum atomic E-state index is -0.117. The highest BCUT2D eigenvalue weighted by molar-refractivity contribution is 5.95. The second-order valence-corrected chi connectivity index (χ2v) is 6.48. The van der Waals surface area contributed by atoms with Crippen molar-refractivity contribution >= 4 is 16.6 Å². The van der Waals surface area contributed by atoms with E-state index in [0.717, 1.165) is 22.4 Å². The average molecular weight is 338 g/mol. The predicted molar refractivity (Wildman–Crippen MR) is 99.8 cm³/mol. The molecule has 1 heterocycles. The second-order valence-electron chi connectivity index (χ2n) is 6.48. The van der Waals surface area contributed by atoms with E-state index in [1.807, 2.05) is 31.2 Å². The molecule has 5 nitrogen and oxygen atoms in total. The normalized spacial score (nSPS) is 11.2. The van der Waals surface area contributed by atoms with Crippen LogP contribution in [0.2, 0.25) is 0 Å². The van der Waals surface area contributed by atoms with E-state index in [4.69, 9.17) is 4.74 Å². The summed E-state index contributed by atoms with van der Waals surface area (Å²) in [6.07, 6.45) is 0. The third-order valence-corrected chi connectivity index (χ3v) is 4.37. The average Bonchev–Trinajstić information content (AvgIpc) is 2.86. The Morgan fingerprint density at radius 2 is 1.96 bits per heavy atom. The van der Waals surface area contributed by atoms with Gasteiger partial charge in [0.15, 0.2) is 5.69 Å². The monoisotopic (exact) mass is 338 g/mol. The van der Waals surface area contributed by atoms with Crippen LogP contribution in [0.15, 0.2) is 47.6 Å². The van der Waals surface area contributed by atoms with Crippen LogP contribution in [-0.2, 0) is 6.54 Å². The number of rotatable bonds is 6. The van der Waals surface area contributed by atoms with E-state index in [1.165, 1.54) is 0 Å². The number of para-hydroxylation sites is 1. The van der Waals surface area contributed by atoms with Gasteiger partial charge >= 0.3 is 0 Å². The number of fused-ring (bicyclic) bond motifs is 1. The molecule has 3 rings (SSSR count). The summed E-state index contributed by atoms with van der Waals surface area (Å²) in [5.41, 5.74) is 3.14. The molecular formula is C20H22N2O3. The fourth-order valence-electron chi connectivity index (χ4n) is 3.08. The number of aromatic nitrogens is 1. The van der Waals surface area contributed by atoms with Crippen molar-refractivity contribution in [2.45, 2.75) is 33.2 Å². The van der Waals surface area contributed by atoms with Gasteiger partial charge < -0.3 is 14.4 Å². The summed E-state index contributed by atoms with van der Waals surface area (Å²) in [5.74, 6) is 1.11. The van der Waals surface area contributed by atoms with Crippen LogP contribution < -0.4 is 4.74 Å². The van der Waals surface area contributed by atoms with Crippen LogP contribution in [0.1, 0.15) is 30.9 Å². The molecule has 130 valence electrons. The van der Waals surface area contributed by atoms with Gasteiger partial charge in [0.1, 0.15) is 12.4 Å². The Balaban J connectivity index is 1.84. The van der Waals surface area contributed by atoms with E-state index in [-0.39, 0.29) is 11.6 Å². The minimum absolute atomic E-state index is 0.0778. The molecule has 1 N–H and O–H groups in total. The quantitative estimate of drug-likeness (QED) is 0.624. The zero-order valence-corrected chi connectivity index (χ0v) is 14.7. The van der Waals surface area contributed by atoms with E-state index in [2.05, 4.69) is 31.2 Å². The first-order valence-corrected chi connectivity index (χ1v) is 8.39. The summed E-state index contributed by atoms with van der Waals surface area (Å²) in [4.78, 5) is 11.1. The lowest BCUT2D eigenvalue weighted by Gasteiger charge is -2.15. The van der Waals surface area contributed by atoms with Gasteiger partial charge in [-0.2, -0.15) is 0 Å². The van der Waals surface area contributed by atoms with Crippen molar-refractivity contribution < 1.29 is 9.84 Å². The molecule has 0 saturated heterocycles. The van der Waals surface area contributed by atoms with Gasteiger partial charge in [-0.3, -0.25) is 0 Å². The number of aromatic hydroxyl groups is 1. The number of hydrogen-bond acceptors (Lipinski definition) is 4. The highest BCUT2D eigenvalue weighted by Gasteiger charge is 2.17. The molecule has 0 aliphatic heterocycles. The molecule has 0 spiro atoms.